The highest BCUT2D eigenvalue weighted by atomic mass is 35.5. The summed E-state index contributed by atoms with van der Waals surface area (Å²) >= 11 is 5.62. The van der Waals surface area contributed by atoms with Crippen LogP contribution >= 0.6 is 11.6 Å². The lowest BCUT2D eigenvalue weighted by molar-refractivity contribution is -0.130. The van der Waals surface area contributed by atoms with Crippen LogP contribution in [0, 0.1) is 25.6 Å². The number of carbonyl (C=O) groups excluding carboxylic acids is 3. The number of imide groups is 1. The molecule has 1 aliphatic heterocycles. The van der Waals surface area contributed by atoms with Crippen LogP contribution in [0.25, 0.3) is 0 Å². The summed E-state index contributed by atoms with van der Waals surface area (Å²) in [6, 6.07) is 8.36. The van der Waals surface area contributed by atoms with E-state index in [1.54, 1.807) is 18.2 Å². The summed E-state index contributed by atoms with van der Waals surface area (Å²) in [7, 11) is 0. The van der Waals surface area contributed by atoms with Gasteiger partial charge in [0.2, 0.25) is 11.8 Å². The van der Waals surface area contributed by atoms with Gasteiger partial charge >= 0.3 is 6.03 Å². The first-order valence-corrected chi connectivity index (χ1v) is 8.60. The third-order valence-corrected chi connectivity index (χ3v) is 4.74. The molecular formula is C19H17ClFN3O3. The summed E-state index contributed by atoms with van der Waals surface area (Å²) in [6.07, 6.45) is 0. The van der Waals surface area contributed by atoms with Crippen LogP contribution in [0.5, 0.6) is 0 Å². The van der Waals surface area contributed by atoms with Gasteiger partial charge in [-0.2, -0.15) is 0 Å². The van der Waals surface area contributed by atoms with Gasteiger partial charge in [0.1, 0.15) is 11.7 Å². The zero-order valence-corrected chi connectivity index (χ0v) is 15.4. The van der Waals surface area contributed by atoms with Crippen LogP contribution in [0.3, 0.4) is 0 Å². The minimum absolute atomic E-state index is 0.0741. The number of aryl methyl sites for hydroxylation is 2. The first-order valence-electron chi connectivity index (χ1n) is 8.23. The predicted octanol–water partition coefficient (Wildman–Crippen LogP) is 3.41. The van der Waals surface area contributed by atoms with Crippen molar-refractivity contribution in [3.05, 3.63) is 58.4 Å². The first-order chi connectivity index (χ1) is 12.8. The first kappa shape index (κ1) is 18.8. The van der Waals surface area contributed by atoms with Gasteiger partial charge in [0.15, 0.2) is 0 Å². The van der Waals surface area contributed by atoms with Crippen LogP contribution in [0.15, 0.2) is 36.4 Å². The molecule has 0 aliphatic carbocycles. The molecule has 0 spiro atoms. The van der Waals surface area contributed by atoms with Crippen molar-refractivity contribution < 1.29 is 18.8 Å². The lowest BCUT2D eigenvalue weighted by Crippen LogP contribution is -2.58. The summed E-state index contributed by atoms with van der Waals surface area (Å²) in [6.45, 7) is 3.64. The lowest BCUT2D eigenvalue weighted by atomic mass is 10.0. The second-order valence-electron chi connectivity index (χ2n) is 6.30. The van der Waals surface area contributed by atoms with Crippen molar-refractivity contribution in [2.24, 2.45) is 5.92 Å². The molecule has 0 radical (unpaired) electrons. The average molecular weight is 390 g/mol. The van der Waals surface area contributed by atoms with Gasteiger partial charge in [-0.25, -0.2) is 14.1 Å². The molecule has 1 unspecified atom stereocenters. The molecule has 1 saturated heterocycles. The third kappa shape index (κ3) is 3.78. The highest BCUT2D eigenvalue weighted by Crippen LogP contribution is 2.24. The van der Waals surface area contributed by atoms with Crippen LogP contribution in [-0.4, -0.2) is 24.4 Å². The van der Waals surface area contributed by atoms with Crippen molar-refractivity contribution in [2.75, 3.05) is 16.8 Å². The highest BCUT2D eigenvalue weighted by molar-refractivity contribution is 6.30. The maximum atomic E-state index is 13.5. The second-order valence-corrected chi connectivity index (χ2v) is 6.71. The fourth-order valence-electron chi connectivity index (χ4n) is 2.73. The van der Waals surface area contributed by atoms with Crippen LogP contribution in [0.1, 0.15) is 11.1 Å². The Morgan fingerprint density at radius 2 is 1.93 bits per heavy atom. The molecule has 140 valence electrons. The van der Waals surface area contributed by atoms with E-state index in [1.165, 1.54) is 12.1 Å². The molecule has 0 saturated carbocycles. The van der Waals surface area contributed by atoms with Gasteiger partial charge in [0.25, 0.3) is 0 Å². The van der Waals surface area contributed by atoms with Crippen molar-refractivity contribution >= 4 is 40.8 Å². The molecule has 1 aliphatic rings. The Kier molecular flexibility index (Phi) is 5.14. The molecule has 4 amide bonds. The average Bonchev–Trinajstić information content (AvgIpc) is 2.61. The minimum atomic E-state index is -1.14. The molecule has 0 aromatic heterocycles. The number of hydrogen-bond acceptors (Lipinski definition) is 3. The number of carbonyl (C=O) groups is 3. The van der Waals surface area contributed by atoms with Crippen LogP contribution in [0.4, 0.5) is 20.6 Å². The molecule has 2 aromatic carbocycles. The molecule has 0 bridgehead atoms. The van der Waals surface area contributed by atoms with E-state index in [1.807, 2.05) is 13.8 Å². The summed E-state index contributed by atoms with van der Waals surface area (Å²) < 4.78 is 13.5. The number of nitrogens with zero attached hydrogens (tertiary/aromatic N) is 1. The van der Waals surface area contributed by atoms with E-state index >= 15 is 0 Å². The standard InChI is InChI=1S/C19H17ClFN3O3/c1-10-3-5-13(7-11(10)2)24-18(26)14(9-22-19(24)27)17(25)23-12-4-6-15(20)16(21)8-12/h3-8,14H,9H2,1-2H3,(H,22,27)(H,23,25). The Morgan fingerprint density at radius 1 is 1.19 bits per heavy atom. The van der Waals surface area contributed by atoms with Gasteiger partial charge in [-0.1, -0.05) is 17.7 Å². The Labute approximate surface area is 160 Å². The normalized spacial score (nSPS) is 16.9. The Morgan fingerprint density at radius 3 is 2.59 bits per heavy atom. The largest absolute Gasteiger partial charge is 0.336 e. The lowest BCUT2D eigenvalue weighted by Gasteiger charge is -2.31. The van der Waals surface area contributed by atoms with Gasteiger partial charge in [-0.15, -0.1) is 0 Å². The quantitative estimate of drug-likeness (QED) is 0.789. The van der Waals surface area contributed by atoms with E-state index < -0.39 is 29.6 Å². The van der Waals surface area contributed by atoms with E-state index in [9.17, 15) is 18.8 Å². The molecular weight excluding hydrogens is 373 g/mol. The molecule has 8 heteroatoms. The molecule has 2 aromatic rings. The van der Waals surface area contributed by atoms with Crippen LogP contribution in [-0.2, 0) is 9.59 Å². The van der Waals surface area contributed by atoms with Gasteiger partial charge in [-0.3, -0.25) is 9.59 Å². The predicted molar refractivity (Wildman–Crippen MR) is 100 cm³/mol. The smallest absolute Gasteiger partial charge is 0.328 e. The molecule has 2 N–H and O–H groups in total. The summed E-state index contributed by atoms with van der Waals surface area (Å²) in [5.41, 5.74) is 2.49. The maximum absolute atomic E-state index is 13.5. The van der Waals surface area contributed by atoms with E-state index in [-0.39, 0.29) is 17.3 Å². The van der Waals surface area contributed by atoms with Crippen molar-refractivity contribution in [2.45, 2.75) is 13.8 Å². The number of halogens is 2. The number of urea groups is 1. The number of rotatable bonds is 3. The number of amides is 4. The topological polar surface area (TPSA) is 78.5 Å². The Balaban J connectivity index is 1.82. The second kappa shape index (κ2) is 7.36. The zero-order valence-electron chi connectivity index (χ0n) is 14.7. The van der Waals surface area contributed by atoms with Crippen LogP contribution in [0.2, 0.25) is 5.02 Å². The van der Waals surface area contributed by atoms with E-state index in [0.717, 1.165) is 22.1 Å². The van der Waals surface area contributed by atoms with Crippen molar-refractivity contribution in [3.63, 3.8) is 0 Å². The summed E-state index contributed by atoms with van der Waals surface area (Å²) in [4.78, 5) is 38.5. The molecule has 1 heterocycles. The molecule has 1 fully saturated rings. The van der Waals surface area contributed by atoms with Gasteiger partial charge in [-0.05, 0) is 55.3 Å². The molecule has 6 nitrogen and oxygen atoms in total. The number of anilines is 2. The molecule has 3 rings (SSSR count). The number of hydrogen-bond donors (Lipinski definition) is 2. The van der Waals surface area contributed by atoms with Crippen LogP contribution < -0.4 is 15.5 Å². The highest BCUT2D eigenvalue weighted by Gasteiger charge is 2.39. The Hall–Kier alpha value is -2.93. The number of nitrogens with one attached hydrogen (secondary N) is 2. The van der Waals surface area contributed by atoms with Gasteiger partial charge in [0, 0.05) is 12.2 Å². The molecule has 27 heavy (non-hydrogen) atoms. The van der Waals surface area contributed by atoms with Crippen molar-refractivity contribution in [3.8, 4) is 0 Å². The SMILES string of the molecule is Cc1ccc(N2C(=O)NCC(C(=O)Nc3ccc(Cl)c(F)c3)C2=O)cc1C. The zero-order chi connectivity index (χ0) is 19.7. The number of benzene rings is 2. The maximum Gasteiger partial charge on any atom is 0.328 e. The van der Waals surface area contributed by atoms with E-state index in [4.69, 9.17) is 11.6 Å². The third-order valence-electron chi connectivity index (χ3n) is 4.43. The van der Waals surface area contributed by atoms with Crippen molar-refractivity contribution in [1.29, 1.82) is 0 Å². The molecule has 1 atom stereocenters. The van der Waals surface area contributed by atoms with Gasteiger partial charge < -0.3 is 10.6 Å². The van der Waals surface area contributed by atoms with Crippen molar-refractivity contribution in [1.82, 2.24) is 5.32 Å². The monoisotopic (exact) mass is 389 g/mol. The van der Waals surface area contributed by atoms with E-state index in [2.05, 4.69) is 10.6 Å². The summed E-state index contributed by atoms with van der Waals surface area (Å²) in [5, 5.41) is 4.95. The van der Waals surface area contributed by atoms with E-state index in [0.29, 0.717) is 5.69 Å². The fraction of sp³-hybridized carbons (Fsp3) is 0.211. The fourth-order valence-corrected chi connectivity index (χ4v) is 2.85. The Bertz CT molecular complexity index is 948. The summed E-state index contributed by atoms with van der Waals surface area (Å²) in [5.74, 6) is -3.11. The van der Waals surface area contributed by atoms with Gasteiger partial charge in [0.05, 0.1) is 10.7 Å². The minimum Gasteiger partial charge on any atom is -0.336 e.